The third-order valence-electron chi connectivity index (χ3n) is 2.28. The second-order valence-electron chi connectivity index (χ2n) is 3.34. The van der Waals surface area contributed by atoms with E-state index in [1.54, 1.807) is 0 Å². The van der Waals surface area contributed by atoms with Crippen LogP contribution in [0.25, 0.3) is 0 Å². The van der Waals surface area contributed by atoms with Gasteiger partial charge in [0.25, 0.3) is 0 Å². The van der Waals surface area contributed by atoms with Crippen molar-refractivity contribution in [2.45, 2.75) is 19.3 Å². The molecule has 0 radical (unpaired) electrons. The summed E-state index contributed by atoms with van der Waals surface area (Å²) in [6, 6.07) is 0. The Hall–Kier alpha value is -1.98. The maximum atomic E-state index is 11.4. The number of carbonyl (C=O) groups is 2. The van der Waals surface area contributed by atoms with Crippen molar-refractivity contribution in [3.8, 4) is 0 Å². The Bertz CT molecular complexity index is 503. The third kappa shape index (κ3) is 1.65. The van der Waals surface area contributed by atoms with E-state index in [1.165, 1.54) is 0 Å². The predicted molar refractivity (Wildman–Crippen MR) is 48.8 cm³/mol. The van der Waals surface area contributed by atoms with Gasteiger partial charge in [-0.25, -0.2) is 4.79 Å². The van der Waals surface area contributed by atoms with Gasteiger partial charge in [-0.2, -0.15) is 4.98 Å². The number of nitrogens with zero attached hydrogens (tertiary/aromatic N) is 1. The summed E-state index contributed by atoms with van der Waals surface area (Å²) in [7, 11) is 0. The van der Waals surface area contributed by atoms with Crippen LogP contribution in [0.3, 0.4) is 0 Å². The van der Waals surface area contributed by atoms with Crippen LogP contribution in [-0.4, -0.2) is 26.8 Å². The number of carboxylic acids is 1. The molecule has 15 heavy (non-hydrogen) atoms. The van der Waals surface area contributed by atoms with E-state index in [0.29, 0.717) is 18.5 Å². The van der Waals surface area contributed by atoms with Gasteiger partial charge in [0.2, 0.25) is 0 Å². The lowest BCUT2D eigenvalue weighted by molar-refractivity contribution is -0.136. The molecule has 2 N–H and O–H groups in total. The fraction of sp³-hybridized carbons (Fsp3) is 0.333. The number of ketones is 1. The molecule has 1 heterocycles. The van der Waals surface area contributed by atoms with Crippen LogP contribution in [0.5, 0.6) is 0 Å². The van der Waals surface area contributed by atoms with E-state index in [0.717, 1.165) is 0 Å². The molecular formula is C9H8N2O4. The van der Waals surface area contributed by atoms with Crippen molar-refractivity contribution in [1.29, 1.82) is 0 Å². The van der Waals surface area contributed by atoms with E-state index in [9.17, 15) is 14.4 Å². The number of aliphatic carboxylic acids is 1. The van der Waals surface area contributed by atoms with Crippen LogP contribution in [0, 0.1) is 0 Å². The average molecular weight is 208 g/mol. The quantitative estimate of drug-likeness (QED) is 0.684. The number of fused-ring (bicyclic) bond motifs is 1. The number of aryl methyl sites for hydroxylation is 1. The molecule has 0 aliphatic heterocycles. The predicted octanol–water partition coefficient (Wildman–Crippen LogP) is -0.474. The molecule has 0 saturated carbocycles. The number of H-pyrrole nitrogens is 1. The summed E-state index contributed by atoms with van der Waals surface area (Å²) in [6.45, 7) is 0. The number of rotatable bonds is 2. The molecule has 0 spiro atoms. The van der Waals surface area contributed by atoms with Crippen molar-refractivity contribution >= 4 is 11.8 Å². The number of aromatic amines is 1. The molecule has 0 amide bonds. The standard InChI is InChI=1S/C9H8N2O4/c12-6-2-1-4-8(6)5(3-7(13)14)11-9(15)10-4/h1-3H2,(H,13,14)(H,10,11,15). The minimum absolute atomic E-state index is 0.0729. The lowest BCUT2D eigenvalue weighted by atomic mass is 10.1. The first kappa shape index (κ1) is 9.57. The van der Waals surface area contributed by atoms with Gasteiger partial charge in [0, 0.05) is 12.1 Å². The molecule has 78 valence electrons. The summed E-state index contributed by atoms with van der Waals surface area (Å²) in [4.78, 5) is 39.0. The Morgan fingerprint density at radius 1 is 1.40 bits per heavy atom. The highest BCUT2D eigenvalue weighted by molar-refractivity contribution is 6.01. The van der Waals surface area contributed by atoms with Gasteiger partial charge in [-0.3, -0.25) is 9.59 Å². The van der Waals surface area contributed by atoms with Crippen LogP contribution < -0.4 is 5.69 Å². The van der Waals surface area contributed by atoms with E-state index in [1.807, 2.05) is 0 Å². The fourth-order valence-corrected chi connectivity index (χ4v) is 1.72. The van der Waals surface area contributed by atoms with Gasteiger partial charge in [0.15, 0.2) is 5.78 Å². The Morgan fingerprint density at radius 3 is 2.80 bits per heavy atom. The van der Waals surface area contributed by atoms with Crippen LogP contribution >= 0.6 is 0 Å². The van der Waals surface area contributed by atoms with Gasteiger partial charge >= 0.3 is 11.7 Å². The zero-order chi connectivity index (χ0) is 11.0. The monoisotopic (exact) mass is 208 g/mol. The summed E-state index contributed by atoms with van der Waals surface area (Å²) in [5.41, 5.74) is 0.275. The summed E-state index contributed by atoms with van der Waals surface area (Å²) in [6.07, 6.45) is 0.375. The largest absolute Gasteiger partial charge is 0.481 e. The van der Waals surface area contributed by atoms with Gasteiger partial charge in [0.1, 0.15) is 0 Å². The molecule has 0 aromatic carbocycles. The number of nitrogens with one attached hydrogen (secondary N) is 1. The Kier molecular flexibility index (Phi) is 2.11. The van der Waals surface area contributed by atoms with Gasteiger partial charge < -0.3 is 10.1 Å². The molecule has 6 heteroatoms. The SMILES string of the molecule is O=C(O)Cc1nc(=O)[nH]c2c1C(=O)CC2. The fourth-order valence-electron chi connectivity index (χ4n) is 1.72. The third-order valence-corrected chi connectivity index (χ3v) is 2.28. The molecule has 1 aliphatic carbocycles. The summed E-state index contributed by atoms with van der Waals surface area (Å²) in [5.74, 6) is -1.25. The zero-order valence-electron chi connectivity index (χ0n) is 7.74. The van der Waals surface area contributed by atoms with Crippen molar-refractivity contribution in [2.75, 3.05) is 0 Å². The molecule has 0 unspecified atom stereocenters. The first-order valence-corrected chi connectivity index (χ1v) is 4.45. The molecule has 1 aromatic heterocycles. The topological polar surface area (TPSA) is 100 Å². The maximum Gasteiger partial charge on any atom is 0.345 e. The lowest BCUT2D eigenvalue weighted by Gasteiger charge is -2.02. The van der Waals surface area contributed by atoms with Gasteiger partial charge in [-0.1, -0.05) is 0 Å². The number of hydrogen-bond donors (Lipinski definition) is 2. The van der Waals surface area contributed by atoms with Crippen molar-refractivity contribution in [3.05, 3.63) is 27.4 Å². The highest BCUT2D eigenvalue weighted by atomic mass is 16.4. The van der Waals surface area contributed by atoms with E-state index in [-0.39, 0.29) is 17.0 Å². The Labute approximate surface area is 84.0 Å². The molecule has 1 aromatic rings. The number of carboxylic acid groups (broad SMARTS) is 1. The Balaban J connectivity index is 2.58. The maximum absolute atomic E-state index is 11.4. The van der Waals surface area contributed by atoms with Crippen LogP contribution in [0.15, 0.2) is 4.79 Å². The number of carbonyl (C=O) groups excluding carboxylic acids is 1. The smallest absolute Gasteiger partial charge is 0.345 e. The van der Waals surface area contributed by atoms with Gasteiger partial charge in [0.05, 0.1) is 17.7 Å². The molecule has 6 nitrogen and oxygen atoms in total. The second-order valence-corrected chi connectivity index (χ2v) is 3.34. The number of aromatic nitrogens is 2. The van der Waals surface area contributed by atoms with E-state index >= 15 is 0 Å². The lowest BCUT2D eigenvalue weighted by Crippen LogP contribution is -2.19. The average Bonchev–Trinajstić information content (AvgIpc) is 2.46. The van der Waals surface area contributed by atoms with Crippen molar-refractivity contribution < 1.29 is 14.7 Å². The molecule has 0 bridgehead atoms. The number of hydrogen-bond acceptors (Lipinski definition) is 4. The molecule has 1 aliphatic rings. The molecule has 0 atom stereocenters. The van der Waals surface area contributed by atoms with Crippen LogP contribution in [0.1, 0.15) is 28.2 Å². The van der Waals surface area contributed by atoms with E-state index in [4.69, 9.17) is 5.11 Å². The molecule has 0 saturated heterocycles. The number of Topliss-reactive ketones (excluding diaryl/α,β-unsaturated/α-hetero) is 1. The van der Waals surface area contributed by atoms with E-state index in [2.05, 4.69) is 9.97 Å². The zero-order valence-corrected chi connectivity index (χ0v) is 7.74. The van der Waals surface area contributed by atoms with Crippen molar-refractivity contribution in [1.82, 2.24) is 9.97 Å². The highest BCUT2D eigenvalue weighted by Gasteiger charge is 2.26. The summed E-state index contributed by atoms with van der Waals surface area (Å²) in [5, 5.41) is 8.61. The van der Waals surface area contributed by atoms with Gasteiger partial charge in [-0.15, -0.1) is 0 Å². The van der Waals surface area contributed by atoms with E-state index < -0.39 is 18.1 Å². The molecule has 0 fully saturated rings. The van der Waals surface area contributed by atoms with Crippen LogP contribution in [-0.2, 0) is 17.6 Å². The highest BCUT2D eigenvalue weighted by Crippen LogP contribution is 2.21. The van der Waals surface area contributed by atoms with Crippen molar-refractivity contribution in [3.63, 3.8) is 0 Å². The minimum atomic E-state index is -1.10. The first-order valence-electron chi connectivity index (χ1n) is 4.45. The van der Waals surface area contributed by atoms with Crippen LogP contribution in [0.2, 0.25) is 0 Å². The van der Waals surface area contributed by atoms with Crippen LogP contribution in [0.4, 0.5) is 0 Å². The minimum Gasteiger partial charge on any atom is -0.481 e. The second kappa shape index (κ2) is 3.30. The summed E-state index contributed by atoms with van der Waals surface area (Å²) < 4.78 is 0. The normalized spacial score (nSPS) is 14.0. The van der Waals surface area contributed by atoms with Gasteiger partial charge in [-0.05, 0) is 6.42 Å². The molecule has 2 rings (SSSR count). The van der Waals surface area contributed by atoms with Crippen molar-refractivity contribution in [2.24, 2.45) is 0 Å². The Morgan fingerprint density at radius 2 is 2.13 bits per heavy atom. The molecular weight excluding hydrogens is 200 g/mol. The summed E-state index contributed by atoms with van der Waals surface area (Å²) >= 11 is 0. The first-order chi connectivity index (χ1) is 7.08.